The number of hydrogen-bond donors (Lipinski definition) is 1. The van der Waals surface area contributed by atoms with Gasteiger partial charge in [-0.1, -0.05) is 31.5 Å². The lowest BCUT2D eigenvalue weighted by Gasteiger charge is -2.29. The van der Waals surface area contributed by atoms with E-state index in [1.165, 1.54) is 6.07 Å². The van der Waals surface area contributed by atoms with Gasteiger partial charge in [-0.25, -0.2) is 4.39 Å². The topological polar surface area (TPSA) is 29.3 Å². The number of benzene rings is 1. The van der Waals surface area contributed by atoms with Gasteiger partial charge in [0, 0.05) is 17.1 Å². The molecule has 0 amide bonds. The van der Waals surface area contributed by atoms with Crippen molar-refractivity contribution in [2.75, 3.05) is 19.6 Å². The maximum absolute atomic E-state index is 13.8. The summed E-state index contributed by atoms with van der Waals surface area (Å²) >= 11 is 6.04. The Morgan fingerprint density at radius 1 is 1.38 bits per heavy atom. The minimum Gasteiger partial charge on any atom is -0.329 e. The Morgan fingerprint density at radius 3 is 2.44 bits per heavy atom. The lowest BCUT2D eigenvalue weighted by atomic mass is 10.0. The van der Waals surface area contributed by atoms with E-state index in [-0.39, 0.29) is 11.9 Å². The molecule has 0 fully saturated rings. The van der Waals surface area contributed by atoms with Crippen LogP contribution in [-0.2, 0) is 0 Å². The van der Waals surface area contributed by atoms with Crippen molar-refractivity contribution < 1.29 is 4.39 Å². The van der Waals surface area contributed by atoms with Crippen molar-refractivity contribution in [2.45, 2.75) is 19.9 Å². The van der Waals surface area contributed by atoms with Crippen molar-refractivity contribution >= 4 is 11.6 Å². The fourth-order valence-corrected chi connectivity index (χ4v) is 2.23. The van der Waals surface area contributed by atoms with E-state index in [1.54, 1.807) is 12.1 Å². The maximum atomic E-state index is 13.8. The summed E-state index contributed by atoms with van der Waals surface area (Å²) in [6.45, 7) is 6.07. The normalized spacial score (nSPS) is 13.1. The molecule has 1 aromatic rings. The van der Waals surface area contributed by atoms with Crippen molar-refractivity contribution in [3.8, 4) is 0 Å². The SMILES string of the molecule is CCN(CC)C(CN)c1c(F)cccc1Cl. The molecule has 0 aromatic heterocycles. The van der Waals surface area contributed by atoms with Crippen molar-refractivity contribution in [1.82, 2.24) is 4.90 Å². The van der Waals surface area contributed by atoms with Crippen LogP contribution in [0.5, 0.6) is 0 Å². The first-order valence-corrected chi connectivity index (χ1v) is 5.91. The molecule has 90 valence electrons. The molecule has 1 aromatic carbocycles. The molecule has 0 spiro atoms. The molecular weight excluding hydrogens is 227 g/mol. The smallest absolute Gasteiger partial charge is 0.129 e. The van der Waals surface area contributed by atoms with E-state index in [2.05, 4.69) is 4.90 Å². The lowest BCUT2D eigenvalue weighted by Crippen LogP contribution is -2.34. The highest BCUT2D eigenvalue weighted by molar-refractivity contribution is 6.31. The van der Waals surface area contributed by atoms with Gasteiger partial charge in [0.1, 0.15) is 5.82 Å². The lowest BCUT2D eigenvalue weighted by molar-refractivity contribution is 0.219. The molecular formula is C12H18ClFN2. The molecule has 0 aliphatic carbocycles. The summed E-state index contributed by atoms with van der Waals surface area (Å²) < 4.78 is 13.8. The first-order chi connectivity index (χ1) is 7.65. The van der Waals surface area contributed by atoms with E-state index < -0.39 is 0 Å². The van der Waals surface area contributed by atoms with Crippen LogP contribution in [0.3, 0.4) is 0 Å². The molecule has 0 heterocycles. The van der Waals surface area contributed by atoms with Crippen LogP contribution in [0.1, 0.15) is 25.5 Å². The fraction of sp³-hybridized carbons (Fsp3) is 0.500. The third-order valence-electron chi connectivity index (χ3n) is 2.81. The molecule has 0 saturated carbocycles. The molecule has 0 bridgehead atoms. The average Bonchev–Trinajstić information content (AvgIpc) is 2.28. The minimum absolute atomic E-state index is 0.149. The summed E-state index contributed by atoms with van der Waals surface area (Å²) in [5.41, 5.74) is 6.24. The zero-order valence-corrected chi connectivity index (χ0v) is 10.5. The average molecular weight is 245 g/mol. The third kappa shape index (κ3) is 2.73. The summed E-state index contributed by atoms with van der Waals surface area (Å²) in [7, 11) is 0. The Hall–Kier alpha value is -0.640. The van der Waals surface area contributed by atoms with E-state index in [9.17, 15) is 4.39 Å². The molecule has 0 radical (unpaired) electrons. The largest absolute Gasteiger partial charge is 0.329 e. The van der Waals surface area contributed by atoms with Gasteiger partial charge in [0.15, 0.2) is 0 Å². The second-order valence-electron chi connectivity index (χ2n) is 3.61. The molecule has 1 unspecified atom stereocenters. The van der Waals surface area contributed by atoms with Crippen molar-refractivity contribution in [3.05, 3.63) is 34.6 Å². The number of halogens is 2. The monoisotopic (exact) mass is 244 g/mol. The molecule has 1 atom stereocenters. The zero-order chi connectivity index (χ0) is 12.1. The van der Waals surface area contributed by atoms with Crippen molar-refractivity contribution in [3.63, 3.8) is 0 Å². The van der Waals surface area contributed by atoms with Gasteiger partial charge in [-0.15, -0.1) is 0 Å². The molecule has 2 nitrogen and oxygen atoms in total. The van der Waals surface area contributed by atoms with Crippen LogP contribution in [0, 0.1) is 5.82 Å². The highest BCUT2D eigenvalue weighted by Crippen LogP contribution is 2.29. The summed E-state index contributed by atoms with van der Waals surface area (Å²) in [5.74, 6) is -0.283. The first kappa shape index (κ1) is 13.4. The van der Waals surface area contributed by atoms with Crippen LogP contribution in [-0.4, -0.2) is 24.5 Å². The number of likely N-dealkylation sites (N-methyl/N-ethyl adjacent to an activating group) is 1. The Labute approximate surface area is 101 Å². The van der Waals surface area contributed by atoms with Crippen LogP contribution in [0.15, 0.2) is 18.2 Å². The van der Waals surface area contributed by atoms with Crippen LogP contribution in [0.25, 0.3) is 0 Å². The van der Waals surface area contributed by atoms with Crippen LogP contribution < -0.4 is 5.73 Å². The fourth-order valence-electron chi connectivity index (χ4n) is 1.94. The molecule has 4 heteroatoms. The summed E-state index contributed by atoms with van der Waals surface area (Å²) in [6, 6.07) is 4.58. The van der Waals surface area contributed by atoms with Crippen LogP contribution in [0.4, 0.5) is 4.39 Å². The van der Waals surface area contributed by atoms with Gasteiger partial charge in [-0.05, 0) is 25.2 Å². The maximum Gasteiger partial charge on any atom is 0.129 e. The van der Waals surface area contributed by atoms with Gasteiger partial charge in [0.2, 0.25) is 0 Å². The summed E-state index contributed by atoms with van der Waals surface area (Å²) in [6.07, 6.45) is 0. The Bertz CT molecular complexity index is 320. The molecule has 1 rings (SSSR count). The summed E-state index contributed by atoms with van der Waals surface area (Å²) in [5, 5.41) is 0.447. The van der Waals surface area contributed by atoms with E-state index in [0.29, 0.717) is 17.1 Å². The Morgan fingerprint density at radius 2 is 2.00 bits per heavy atom. The van der Waals surface area contributed by atoms with Crippen LogP contribution in [0.2, 0.25) is 5.02 Å². The predicted molar refractivity (Wildman–Crippen MR) is 66.1 cm³/mol. The van der Waals surface area contributed by atoms with Crippen molar-refractivity contribution in [2.24, 2.45) is 5.73 Å². The highest BCUT2D eigenvalue weighted by atomic mass is 35.5. The zero-order valence-electron chi connectivity index (χ0n) is 9.71. The molecule has 0 aliphatic rings. The number of nitrogens with two attached hydrogens (primary N) is 1. The number of hydrogen-bond acceptors (Lipinski definition) is 2. The summed E-state index contributed by atoms with van der Waals surface area (Å²) in [4.78, 5) is 2.10. The van der Waals surface area contributed by atoms with E-state index in [1.807, 2.05) is 13.8 Å². The molecule has 2 N–H and O–H groups in total. The molecule has 16 heavy (non-hydrogen) atoms. The number of rotatable bonds is 5. The second kappa shape index (κ2) is 6.18. The van der Waals surface area contributed by atoms with Gasteiger partial charge in [-0.3, -0.25) is 4.90 Å². The van der Waals surface area contributed by atoms with Gasteiger partial charge >= 0.3 is 0 Å². The predicted octanol–water partition coefficient (Wildman–Crippen LogP) is 2.82. The number of nitrogens with zero attached hydrogens (tertiary/aromatic N) is 1. The van der Waals surface area contributed by atoms with Gasteiger partial charge in [-0.2, -0.15) is 0 Å². The van der Waals surface area contributed by atoms with Crippen LogP contribution >= 0.6 is 11.6 Å². The Balaban J connectivity index is 3.12. The molecule has 0 saturated heterocycles. The standard InChI is InChI=1S/C12H18ClFN2/c1-3-16(4-2)11(8-15)12-9(13)6-5-7-10(12)14/h5-7,11H,3-4,8,15H2,1-2H3. The van der Waals surface area contributed by atoms with Gasteiger partial charge in [0.25, 0.3) is 0 Å². The Kier molecular flexibility index (Phi) is 5.19. The van der Waals surface area contributed by atoms with E-state index in [0.717, 1.165) is 13.1 Å². The quantitative estimate of drug-likeness (QED) is 0.863. The minimum atomic E-state index is -0.283. The second-order valence-corrected chi connectivity index (χ2v) is 4.02. The van der Waals surface area contributed by atoms with Gasteiger partial charge in [0.05, 0.1) is 6.04 Å². The highest BCUT2D eigenvalue weighted by Gasteiger charge is 2.22. The van der Waals surface area contributed by atoms with E-state index >= 15 is 0 Å². The third-order valence-corrected chi connectivity index (χ3v) is 3.14. The molecule has 0 aliphatic heterocycles. The van der Waals surface area contributed by atoms with Crippen molar-refractivity contribution in [1.29, 1.82) is 0 Å². The van der Waals surface area contributed by atoms with Gasteiger partial charge < -0.3 is 5.73 Å². The van der Waals surface area contributed by atoms with E-state index in [4.69, 9.17) is 17.3 Å². The first-order valence-electron chi connectivity index (χ1n) is 5.53.